The molecule has 0 fully saturated rings. The molecule has 0 aliphatic rings. The molecule has 0 bridgehead atoms. The van der Waals surface area contributed by atoms with Crippen LogP contribution in [0, 0.1) is 24.6 Å². The van der Waals surface area contributed by atoms with Gasteiger partial charge in [0.1, 0.15) is 5.82 Å². The number of nitrogen functional groups attached to an aromatic ring is 1. The van der Waals surface area contributed by atoms with Gasteiger partial charge in [-0.1, -0.05) is 23.6 Å². The van der Waals surface area contributed by atoms with Crippen molar-refractivity contribution in [3.63, 3.8) is 0 Å². The first-order valence-electron chi connectivity index (χ1n) is 4.68. The zero-order valence-corrected chi connectivity index (χ0v) is 9.95. The Morgan fingerprint density at radius 2 is 2.25 bits per heavy atom. The van der Waals surface area contributed by atoms with Crippen LogP contribution in [0.1, 0.15) is 18.1 Å². The lowest BCUT2D eigenvalue weighted by atomic mass is 10.1. The Hall–Kier alpha value is -1.47. The molecule has 2 N–H and O–H groups in total. The summed E-state index contributed by atoms with van der Waals surface area (Å²) in [6, 6.07) is 2.87. The Kier molecular flexibility index (Phi) is 4.39. The summed E-state index contributed by atoms with van der Waals surface area (Å²) in [4.78, 5) is 10.6. The molecule has 0 aromatic heterocycles. The summed E-state index contributed by atoms with van der Waals surface area (Å²) in [6.07, 6.45) is 0. The number of halogens is 1. The number of hydrogen-bond donors (Lipinski definition) is 1. The minimum Gasteiger partial charge on any atom is -0.396 e. The lowest BCUT2D eigenvalue weighted by Gasteiger charge is -2.01. The second-order valence-electron chi connectivity index (χ2n) is 3.27. The first kappa shape index (κ1) is 12.6. The minimum atomic E-state index is -0.464. The van der Waals surface area contributed by atoms with Crippen molar-refractivity contribution >= 4 is 22.6 Å². The van der Waals surface area contributed by atoms with Gasteiger partial charge in [-0.25, -0.2) is 4.39 Å². The van der Waals surface area contributed by atoms with E-state index in [1.807, 2.05) is 6.92 Å². The number of nitrogens with two attached hydrogens (primary N) is 1. The maximum atomic E-state index is 13.1. The number of anilines is 1. The van der Waals surface area contributed by atoms with Crippen LogP contribution in [0.25, 0.3) is 0 Å². The molecule has 4 heteroatoms. The van der Waals surface area contributed by atoms with E-state index in [2.05, 4.69) is 11.8 Å². The second-order valence-corrected chi connectivity index (χ2v) is 4.42. The van der Waals surface area contributed by atoms with Crippen molar-refractivity contribution in [2.45, 2.75) is 13.8 Å². The normalized spacial score (nSPS) is 9.44. The maximum Gasteiger partial charge on any atom is 0.186 e. The highest BCUT2D eigenvalue weighted by atomic mass is 32.2. The minimum absolute atomic E-state index is 0.0227. The van der Waals surface area contributed by atoms with Gasteiger partial charge in [0.05, 0.1) is 11.4 Å². The third kappa shape index (κ3) is 3.59. The van der Waals surface area contributed by atoms with Crippen molar-refractivity contribution in [3.05, 3.63) is 29.1 Å². The van der Waals surface area contributed by atoms with E-state index in [1.54, 1.807) is 6.07 Å². The Morgan fingerprint density at radius 1 is 1.56 bits per heavy atom. The number of thioether (sulfide) groups is 1. The van der Waals surface area contributed by atoms with Crippen LogP contribution in [0.15, 0.2) is 12.1 Å². The highest BCUT2D eigenvalue weighted by Gasteiger charge is 2.02. The van der Waals surface area contributed by atoms with Crippen LogP contribution in [-0.2, 0) is 4.79 Å². The largest absolute Gasteiger partial charge is 0.396 e. The van der Waals surface area contributed by atoms with Gasteiger partial charge >= 0.3 is 0 Å². The summed E-state index contributed by atoms with van der Waals surface area (Å²) < 4.78 is 13.1. The van der Waals surface area contributed by atoms with E-state index < -0.39 is 5.82 Å². The first-order chi connectivity index (χ1) is 7.50. The predicted octanol–water partition coefficient (Wildman–Crippen LogP) is 2.35. The maximum absolute atomic E-state index is 13.1. The van der Waals surface area contributed by atoms with Crippen molar-refractivity contribution < 1.29 is 9.18 Å². The number of aryl methyl sites for hydroxylation is 1. The van der Waals surface area contributed by atoms with E-state index in [9.17, 15) is 9.18 Å². The molecule has 2 nitrogen and oxygen atoms in total. The summed E-state index contributed by atoms with van der Waals surface area (Å²) >= 11 is 1.13. The van der Waals surface area contributed by atoms with Gasteiger partial charge in [-0.2, -0.15) is 0 Å². The van der Waals surface area contributed by atoms with Gasteiger partial charge in [0, 0.05) is 12.5 Å². The molecule has 84 valence electrons. The average molecular weight is 237 g/mol. The van der Waals surface area contributed by atoms with Crippen LogP contribution in [0.2, 0.25) is 0 Å². The standard InChI is InChI=1S/C12H12FNOS/c1-8-6-12(14)11(13)7-10(8)4-3-5-16-9(2)15/h6-7H,5,14H2,1-2H3. The smallest absolute Gasteiger partial charge is 0.186 e. The third-order valence-corrected chi connectivity index (χ3v) is 2.61. The van der Waals surface area contributed by atoms with Crippen LogP contribution in [0.4, 0.5) is 10.1 Å². The van der Waals surface area contributed by atoms with E-state index in [-0.39, 0.29) is 10.8 Å². The number of carbonyl (C=O) groups excluding carboxylic acids is 1. The van der Waals surface area contributed by atoms with Crippen LogP contribution in [0.5, 0.6) is 0 Å². The van der Waals surface area contributed by atoms with Gasteiger partial charge in [0.25, 0.3) is 0 Å². The number of hydrogen-bond acceptors (Lipinski definition) is 3. The summed E-state index contributed by atoms with van der Waals surface area (Å²) in [5.74, 6) is 5.58. The molecule has 0 saturated heterocycles. The molecule has 0 amide bonds. The molecule has 0 atom stereocenters. The van der Waals surface area contributed by atoms with Gasteiger partial charge in [-0.05, 0) is 24.6 Å². The quantitative estimate of drug-likeness (QED) is 0.602. The van der Waals surface area contributed by atoms with Crippen molar-refractivity contribution in [2.24, 2.45) is 0 Å². The molecule has 16 heavy (non-hydrogen) atoms. The van der Waals surface area contributed by atoms with E-state index >= 15 is 0 Å². The monoisotopic (exact) mass is 237 g/mol. The fourth-order valence-electron chi connectivity index (χ4n) is 1.11. The molecule has 0 aliphatic heterocycles. The molecule has 0 spiro atoms. The van der Waals surface area contributed by atoms with Crippen molar-refractivity contribution in [2.75, 3.05) is 11.5 Å². The number of rotatable bonds is 1. The van der Waals surface area contributed by atoms with E-state index in [4.69, 9.17) is 5.73 Å². The van der Waals surface area contributed by atoms with Gasteiger partial charge < -0.3 is 5.73 Å². The van der Waals surface area contributed by atoms with Crippen LogP contribution >= 0.6 is 11.8 Å². The first-order valence-corrected chi connectivity index (χ1v) is 5.67. The Bertz CT molecular complexity index is 474. The number of carbonyl (C=O) groups is 1. The van der Waals surface area contributed by atoms with Crippen LogP contribution in [-0.4, -0.2) is 10.9 Å². The zero-order chi connectivity index (χ0) is 12.1. The molecule has 0 aliphatic carbocycles. The summed E-state index contributed by atoms with van der Waals surface area (Å²) in [5, 5.41) is 0.0227. The zero-order valence-electron chi connectivity index (χ0n) is 9.13. The Morgan fingerprint density at radius 3 is 2.88 bits per heavy atom. The lowest BCUT2D eigenvalue weighted by Crippen LogP contribution is -1.94. The molecule has 1 aromatic carbocycles. The van der Waals surface area contributed by atoms with E-state index in [1.165, 1.54) is 13.0 Å². The van der Waals surface area contributed by atoms with E-state index in [0.29, 0.717) is 11.3 Å². The molecule has 0 heterocycles. The molecular formula is C12H12FNOS. The van der Waals surface area contributed by atoms with Gasteiger partial charge in [-0.3, -0.25) is 4.79 Å². The van der Waals surface area contributed by atoms with E-state index in [0.717, 1.165) is 17.3 Å². The second kappa shape index (κ2) is 5.57. The molecule has 0 saturated carbocycles. The fraction of sp³-hybridized carbons (Fsp3) is 0.250. The predicted molar refractivity (Wildman–Crippen MR) is 65.6 cm³/mol. The molecule has 1 aromatic rings. The third-order valence-electron chi connectivity index (χ3n) is 1.91. The Labute approximate surface area is 98.4 Å². The van der Waals surface area contributed by atoms with Crippen molar-refractivity contribution in [3.8, 4) is 11.8 Å². The summed E-state index contributed by atoms with van der Waals surface area (Å²) in [7, 11) is 0. The molecular weight excluding hydrogens is 225 g/mol. The van der Waals surface area contributed by atoms with Gasteiger partial charge in [0.15, 0.2) is 5.12 Å². The van der Waals surface area contributed by atoms with Crippen LogP contribution < -0.4 is 5.73 Å². The van der Waals surface area contributed by atoms with Gasteiger partial charge in [0.2, 0.25) is 0 Å². The van der Waals surface area contributed by atoms with Crippen molar-refractivity contribution in [1.29, 1.82) is 0 Å². The molecule has 0 radical (unpaired) electrons. The number of benzene rings is 1. The average Bonchev–Trinajstić information content (AvgIpc) is 2.19. The van der Waals surface area contributed by atoms with Crippen LogP contribution in [0.3, 0.4) is 0 Å². The SMILES string of the molecule is CC(=O)SCC#Cc1cc(F)c(N)cc1C. The fourth-order valence-corrected chi connectivity index (χ4v) is 1.46. The molecule has 1 rings (SSSR count). The Balaban J connectivity index is 2.81. The lowest BCUT2D eigenvalue weighted by molar-refractivity contribution is -0.109. The van der Waals surface area contributed by atoms with Gasteiger partial charge in [-0.15, -0.1) is 0 Å². The summed E-state index contributed by atoms with van der Waals surface area (Å²) in [6.45, 7) is 3.30. The molecule has 0 unspecified atom stereocenters. The highest BCUT2D eigenvalue weighted by Crippen LogP contribution is 2.16. The van der Waals surface area contributed by atoms with Crippen molar-refractivity contribution in [1.82, 2.24) is 0 Å². The highest BCUT2D eigenvalue weighted by molar-refractivity contribution is 8.13. The topological polar surface area (TPSA) is 43.1 Å². The summed E-state index contributed by atoms with van der Waals surface area (Å²) in [5.41, 5.74) is 6.98.